The van der Waals surface area contributed by atoms with Crippen LogP contribution in [-0.2, 0) is 16.1 Å². The fourth-order valence-corrected chi connectivity index (χ4v) is 3.85. The molecule has 1 fully saturated rings. The Morgan fingerprint density at radius 1 is 1.13 bits per heavy atom. The molecule has 0 aromatic heterocycles. The van der Waals surface area contributed by atoms with Gasteiger partial charge in [-0.25, -0.2) is 4.79 Å². The predicted molar refractivity (Wildman–Crippen MR) is 122 cm³/mol. The molecule has 0 spiro atoms. The van der Waals surface area contributed by atoms with Crippen molar-refractivity contribution in [3.05, 3.63) is 64.1 Å². The molecule has 1 amide bonds. The molecule has 1 unspecified atom stereocenters. The van der Waals surface area contributed by atoms with Gasteiger partial charge in [0.15, 0.2) is 0 Å². The van der Waals surface area contributed by atoms with Crippen LogP contribution in [0.15, 0.2) is 53.0 Å². The van der Waals surface area contributed by atoms with Gasteiger partial charge in [0.05, 0.1) is 18.1 Å². The molecule has 0 saturated carbocycles. The summed E-state index contributed by atoms with van der Waals surface area (Å²) in [5.41, 5.74) is 2.46. The molecule has 0 bridgehead atoms. The Morgan fingerprint density at radius 3 is 2.57 bits per heavy atom. The zero-order chi connectivity index (χ0) is 21.3. The standard InChI is InChI=1S/C24H29BrN2O3/c1-2-3-15-30-24(29)19-8-12-22(13-9-19)26-23(28)20-5-4-14-27(17-20)16-18-6-10-21(25)11-7-18/h6-13,20H,2-5,14-17H2,1H3,(H,26,28). The van der Waals surface area contributed by atoms with E-state index in [9.17, 15) is 9.59 Å². The summed E-state index contributed by atoms with van der Waals surface area (Å²) in [6, 6.07) is 15.2. The number of esters is 1. The van der Waals surface area contributed by atoms with Crippen molar-refractivity contribution in [1.82, 2.24) is 4.90 Å². The van der Waals surface area contributed by atoms with Crippen LogP contribution in [0.3, 0.4) is 0 Å². The Kier molecular flexibility index (Phi) is 8.46. The van der Waals surface area contributed by atoms with Crippen LogP contribution in [0.2, 0.25) is 0 Å². The number of likely N-dealkylation sites (tertiary alicyclic amines) is 1. The van der Waals surface area contributed by atoms with Crippen LogP contribution in [-0.4, -0.2) is 36.5 Å². The molecule has 1 atom stereocenters. The highest BCUT2D eigenvalue weighted by Gasteiger charge is 2.26. The average molecular weight is 473 g/mol. The van der Waals surface area contributed by atoms with Gasteiger partial charge in [0.25, 0.3) is 0 Å². The van der Waals surface area contributed by atoms with Crippen molar-refractivity contribution in [1.29, 1.82) is 0 Å². The summed E-state index contributed by atoms with van der Waals surface area (Å²) < 4.78 is 6.29. The molecule has 2 aromatic rings. The molecule has 2 aromatic carbocycles. The molecule has 3 rings (SSSR count). The summed E-state index contributed by atoms with van der Waals surface area (Å²) in [5, 5.41) is 3.00. The van der Waals surface area contributed by atoms with E-state index in [4.69, 9.17) is 4.74 Å². The number of carbonyl (C=O) groups excluding carboxylic acids is 2. The van der Waals surface area contributed by atoms with E-state index >= 15 is 0 Å². The van der Waals surface area contributed by atoms with Crippen molar-refractivity contribution in [2.75, 3.05) is 25.0 Å². The van der Waals surface area contributed by atoms with Gasteiger partial charge in [0.1, 0.15) is 0 Å². The number of carbonyl (C=O) groups is 2. The van der Waals surface area contributed by atoms with E-state index in [2.05, 4.69) is 45.2 Å². The third-order valence-corrected chi connectivity index (χ3v) is 5.84. The fraction of sp³-hybridized carbons (Fsp3) is 0.417. The Balaban J connectivity index is 1.51. The number of ether oxygens (including phenoxy) is 1. The second kappa shape index (κ2) is 11.3. The number of piperidine rings is 1. The van der Waals surface area contributed by atoms with Crippen molar-refractivity contribution in [3.63, 3.8) is 0 Å². The normalized spacial score (nSPS) is 16.8. The zero-order valence-electron chi connectivity index (χ0n) is 17.4. The van der Waals surface area contributed by atoms with Crippen molar-refractivity contribution in [2.24, 2.45) is 5.92 Å². The molecule has 0 aliphatic carbocycles. The minimum Gasteiger partial charge on any atom is -0.462 e. The first-order chi connectivity index (χ1) is 14.5. The Labute approximate surface area is 186 Å². The Bertz CT molecular complexity index is 837. The summed E-state index contributed by atoms with van der Waals surface area (Å²) >= 11 is 3.46. The van der Waals surface area contributed by atoms with Crippen LogP contribution in [0.1, 0.15) is 48.5 Å². The van der Waals surface area contributed by atoms with Crippen molar-refractivity contribution < 1.29 is 14.3 Å². The van der Waals surface area contributed by atoms with Gasteiger partial charge in [0, 0.05) is 23.2 Å². The van der Waals surface area contributed by atoms with Gasteiger partial charge < -0.3 is 10.1 Å². The van der Waals surface area contributed by atoms with Gasteiger partial charge >= 0.3 is 5.97 Å². The number of unbranched alkanes of at least 4 members (excludes halogenated alkanes) is 1. The minimum absolute atomic E-state index is 0.0344. The van der Waals surface area contributed by atoms with Gasteiger partial charge in [-0.2, -0.15) is 0 Å². The molecule has 5 nitrogen and oxygen atoms in total. The molecule has 1 aliphatic rings. The predicted octanol–water partition coefficient (Wildman–Crippen LogP) is 5.26. The van der Waals surface area contributed by atoms with Crippen LogP contribution < -0.4 is 5.32 Å². The maximum atomic E-state index is 12.8. The van der Waals surface area contributed by atoms with Crippen LogP contribution >= 0.6 is 15.9 Å². The smallest absolute Gasteiger partial charge is 0.338 e. The second-order valence-corrected chi connectivity index (χ2v) is 8.67. The highest BCUT2D eigenvalue weighted by Crippen LogP contribution is 2.21. The summed E-state index contributed by atoms with van der Waals surface area (Å²) in [5.74, 6) is -0.321. The number of benzene rings is 2. The number of nitrogens with zero attached hydrogens (tertiary/aromatic N) is 1. The first-order valence-corrected chi connectivity index (χ1v) is 11.4. The van der Waals surface area contributed by atoms with E-state index < -0.39 is 0 Å². The minimum atomic E-state index is -0.322. The van der Waals surface area contributed by atoms with Gasteiger partial charge in [-0.3, -0.25) is 9.69 Å². The Hall–Kier alpha value is -2.18. The van der Waals surface area contributed by atoms with E-state index in [1.165, 1.54) is 5.56 Å². The first-order valence-electron chi connectivity index (χ1n) is 10.6. The summed E-state index contributed by atoms with van der Waals surface area (Å²) in [4.78, 5) is 27.1. The van der Waals surface area contributed by atoms with Crippen LogP contribution in [0.5, 0.6) is 0 Å². The summed E-state index contributed by atoms with van der Waals surface area (Å²) in [7, 11) is 0. The molecule has 6 heteroatoms. The quantitative estimate of drug-likeness (QED) is 0.420. The molecular weight excluding hydrogens is 444 g/mol. The van der Waals surface area contributed by atoms with E-state index in [0.29, 0.717) is 17.9 Å². The molecular formula is C24H29BrN2O3. The van der Waals surface area contributed by atoms with E-state index in [1.807, 2.05) is 12.1 Å². The van der Waals surface area contributed by atoms with Crippen LogP contribution in [0.4, 0.5) is 5.69 Å². The number of hydrogen-bond acceptors (Lipinski definition) is 4. The lowest BCUT2D eigenvalue weighted by atomic mass is 9.96. The number of halogens is 1. The third kappa shape index (κ3) is 6.67. The number of amides is 1. The zero-order valence-corrected chi connectivity index (χ0v) is 19.0. The molecule has 0 radical (unpaired) electrons. The molecule has 30 heavy (non-hydrogen) atoms. The van der Waals surface area contributed by atoms with Crippen molar-refractivity contribution in [2.45, 2.75) is 39.2 Å². The lowest BCUT2D eigenvalue weighted by molar-refractivity contribution is -0.121. The third-order valence-electron chi connectivity index (χ3n) is 5.31. The van der Waals surface area contributed by atoms with E-state index in [-0.39, 0.29) is 17.8 Å². The van der Waals surface area contributed by atoms with Gasteiger partial charge in [0.2, 0.25) is 5.91 Å². The van der Waals surface area contributed by atoms with E-state index in [1.54, 1.807) is 24.3 Å². The monoisotopic (exact) mass is 472 g/mol. The first kappa shape index (κ1) is 22.5. The maximum Gasteiger partial charge on any atom is 0.338 e. The highest BCUT2D eigenvalue weighted by molar-refractivity contribution is 9.10. The van der Waals surface area contributed by atoms with Crippen LogP contribution in [0, 0.1) is 5.92 Å². The largest absolute Gasteiger partial charge is 0.462 e. The van der Waals surface area contributed by atoms with Gasteiger partial charge in [-0.1, -0.05) is 41.4 Å². The Morgan fingerprint density at radius 2 is 1.87 bits per heavy atom. The van der Waals surface area contributed by atoms with E-state index in [0.717, 1.165) is 49.8 Å². The number of anilines is 1. The molecule has 1 saturated heterocycles. The fourth-order valence-electron chi connectivity index (χ4n) is 3.59. The summed E-state index contributed by atoms with van der Waals surface area (Å²) in [6.45, 7) is 5.11. The summed E-state index contributed by atoms with van der Waals surface area (Å²) in [6.07, 6.45) is 3.75. The molecule has 1 heterocycles. The topological polar surface area (TPSA) is 58.6 Å². The highest BCUT2D eigenvalue weighted by atomic mass is 79.9. The van der Waals surface area contributed by atoms with Gasteiger partial charge in [-0.05, 0) is 67.8 Å². The number of nitrogens with one attached hydrogen (secondary N) is 1. The number of rotatable bonds is 8. The lowest BCUT2D eigenvalue weighted by Crippen LogP contribution is -2.40. The van der Waals surface area contributed by atoms with Crippen LogP contribution in [0.25, 0.3) is 0 Å². The maximum absolute atomic E-state index is 12.8. The average Bonchev–Trinajstić information content (AvgIpc) is 2.76. The van der Waals surface area contributed by atoms with Crippen molar-refractivity contribution in [3.8, 4) is 0 Å². The van der Waals surface area contributed by atoms with Crippen molar-refractivity contribution >= 4 is 33.5 Å². The second-order valence-electron chi connectivity index (χ2n) is 7.76. The molecule has 1 aliphatic heterocycles. The molecule has 1 N–H and O–H groups in total. The number of hydrogen-bond donors (Lipinski definition) is 1. The van der Waals surface area contributed by atoms with Gasteiger partial charge in [-0.15, -0.1) is 0 Å². The SMILES string of the molecule is CCCCOC(=O)c1ccc(NC(=O)C2CCCN(Cc3ccc(Br)cc3)C2)cc1. The lowest BCUT2D eigenvalue weighted by Gasteiger charge is -2.32. The molecule has 160 valence electrons.